The second-order valence-electron chi connectivity index (χ2n) is 6.82. The minimum atomic E-state index is -3.75. The zero-order valence-corrected chi connectivity index (χ0v) is 16.9. The fourth-order valence-electron chi connectivity index (χ4n) is 2.34. The third-order valence-electron chi connectivity index (χ3n) is 3.78. The second kappa shape index (κ2) is 8.29. The number of halogens is 1. The molecule has 142 valence electrons. The molecule has 0 radical (unpaired) electrons. The SMILES string of the molecule is COc1ccc(Cl)cc1S(=O)(=O)NCCOc1cccc(C(C)(C)C)c1. The van der Waals surface area contributed by atoms with Gasteiger partial charge < -0.3 is 9.47 Å². The van der Waals surface area contributed by atoms with Crippen molar-refractivity contribution < 1.29 is 17.9 Å². The minimum Gasteiger partial charge on any atom is -0.495 e. The fraction of sp³-hybridized carbons (Fsp3) is 0.368. The van der Waals surface area contributed by atoms with Crippen molar-refractivity contribution in [2.24, 2.45) is 0 Å². The summed E-state index contributed by atoms with van der Waals surface area (Å²) in [6, 6.07) is 12.2. The molecule has 1 N–H and O–H groups in total. The van der Waals surface area contributed by atoms with Crippen LogP contribution < -0.4 is 14.2 Å². The molecular formula is C19H24ClNO4S. The van der Waals surface area contributed by atoms with Gasteiger partial charge in [0.1, 0.15) is 23.0 Å². The summed E-state index contributed by atoms with van der Waals surface area (Å²) >= 11 is 5.90. The molecule has 7 heteroatoms. The maximum atomic E-state index is 12.5. The van der Waals surface area contributed by atoms with E-state index in [0.29, 0.717) is 10.8 Å². The summed E-state index contributed by atoms with van der Waals surface area (Å²) in [4.78, 5) is 0.00206. The third-order valence-corrected chi connectivity index (χ3v) is 5.50. The predicted molar refractivity (Wildman–Crippen MR) is 104 cm³/mol. The number of methoxy groups -OCH3 is 1. The molecule has 0 saturated heterocycles. The molecule has 0 aromatic heterocycles. The Morgan fingerprint density at radius 1 is 1.12 bits per heavy atom. The third kappa shape index (κ3) is 5.37. The van der Waals surface area contributed by atoms with E-state index in [2.05, 4.69) is 25.5 Å². The van der Waals surface area contributed by atoms with E-state index in [1.807, 2.05) is 24.3 Å². The fourth-order valence-corrected chi connectivity index (χ4v) is 3.78. The lowest BCUT2D eigenvalue weighted by atomic mass is 9.87. The molecule has 0 unspecified atom stereocenters. The van der Waals surface area contributed by atoms with Crippen molar-refractivity contribution in [3.05, 3.63) is 53.1 Å². The average Bonchev–Trinajstić information content (AvgIpc) is 2.58. The summed E-state index contributed by atoms with van der Waals surface area (Å²) in [7, 11) is -2.34. The van der Waals surface area contributed by atoms with Crippen LogP contribution in [0.5, 0.6) is 11.5 Å². The van der Waals surface area contributed by atoms with Crippen LogP contribution in [0.2, 0.25) is 5.02 Å². The largest absolute Gasteiger partial charge is 0.495 e. The Balaban J connectivity index is 1.99. The van der Waals surface area contributed by atoms with E-state index in [4.69, 9.17) is 21.1 Å². The summed E-state index contributed by atoms with van der Waals surface area (Å²) in [5.74, 6) is 0.942. The Labute approximate surface area is 160 Å². The maximum absolute atomic E-state index is 12.5. The van der Waals surface area contributed by atoms with Gasteiger partial charge in [-0.2, -0.15) is 0 Å². The number of sulfonamides is 1. The molecule has 26 heavy (non-hydrogen) atoms. The molecule has 5 nitrogen and oxygen atoms in total. The Hall–Kier alpha value is -1.76. The smallest absolute Gasteiger partial charge is 0.244 e. The Morgan fingerprint density at radius 3 is 2.50 bits per heavy atom. The van der Waals surface area contributed by atoms with Gasteiger partial charge >= 0.3 is 0 Å². The van der Waals surface area contributed by atoms with Crippen molar-refractivity contribution in [2.75, 3.05) is 20.3 Å². The first kappa shape index (κ1) is 20.6. The van der Waals surface area contributed by atoms with Crippen LogP contribution in [0.25, 0.3) is 0 Å². The highest BCUT2D eigenvalue weighted by Gasteiger charge is 2.19. The molecule has 2 aromatic rings. The van der Waals surface area contributed by atoms with Crippen LogP contribution in [-0.4, -0.2) is 28.7 Å². The number of ether oxygens (including phenoxy) is 2. The zero-order chi connectivity index (χ0) is 19.4. The summed E-state index contributed by atoms with van der Waals surface area (Å²) in [5, 5.41) is 0.321. The van der Waals surface area contributed by atoms with E-state index in [0.717, 1.165) is 5.56 Å². The van der Waals surface area contributed by atoms with Gasteiger partial charge in [0.15, 0.2) is 0 Å². The standard InChI is InChI=1S/C19H24ClNO4S/c1-19(2,3)14-6-5-7-16(12-14)25-11-10-21-26(22,23)18-13-15(20)8-9-17(18)24-4/h5-9,12-13,21H,10-11H2,1-4H3. The molecule has 0 heterocycles. The predicted octanol–water partition coefficient (Wildman–Crippen LogP) is 4.00. The average molecular weight is 398 g/mol. The van der Waals surface area contributed by atoms with Crippen molar-refractivity contribution in [3.63, 3.8) is 0 Å². The number of rotatable bonds is 7. The van der Waals surface area contributed by atoms with Crippen molar-refractivity contribution in [1.29, 1.82) is 0 Å². The van der Waals surface area contributed by atoms with E-state index >= 15 is 0 Å². The summed E-state index contributed by atoms with van der Waals surface area (Å²) in [6.45, 7) is 6.70. The molecule has 0 fully saturated rings. The van der Waals surface area contributed by atoms with Gasteiger partial charge in [0.2, 0.25) is 10.0 Å². The summed E-state index contributed by atoms with van der Waals surface area (Å²) < 4.78 is 38.2. The van der Waals surface area contributed by atoms with Gasteiger partial charge in [0, 0.05) is 11.6 Å². The lowest BCUT2D eigenvalue weighted by molar-refractivity contribution is 0.321. The second-order valence-corrected chi connectivity index (χ2v) is 8.99. The molecule has 0 aliphatic heterocycles. The van der Waals surface area contributed by atoms with Crippen LogP contribution in [-0.2, 0) is 15.4 Å². The van der Waals surface area contributed by atoms with E-state index < -0.39 is 10.0 Å². The van der Waals surface area contributed by atoms with Gasteiger partial charge in [-0.15, -0.1) is 0 Å². The molecule has 0 amide bonds. The highest BCUT2D eigenvalue weighted by atomic mass is 35.5. The number of hydrogen-bond donors (Lipinski definition) is 1. The van der Waals surface area contributed by atoms with E-state index in [1.165, 1.54) is 19.2 Å². The molecule has 0 bridgehead atoms. The van der Waals surface area contributed by atoms with Crippen LogP contribution in [0, 0.1) is 0 Å². The van der Waals surface area contributed by atoms with E-state index in [1.54, 1.807) is 6.07 Å². The van der Waals surface area contributed by atoms with Crippen LogP contribution in [0.15, 0.2) is 47.4 Å². The topological polar surface area (TPSA) is 64.6 Å². The van der Waals surface area contributed by atoms with Gasteiger partial charge in [-0.1, -0.05) is 44.5 Å². The highest BCUT2D eigenvalue weighted by molar-refractivity contribution is 7.89. The molecule has 0 aliphatic carbocycles. The lowest BCUT2D eigenvalue weighted by Gasteiger charge is -2.19. The molecule has 2 aromatic carbocycles. The maximum Gasteiger partial charge on any atom is 0.244 e. The molecular weight excluding hydrogens is 374 g/mol. The monoisotopic (exact) mass is 397 g/mol. The van der Waals surface area contributed by atoms with Gasteiger partial charge in [-0.3, -0.25) is 0 Å². The van der Waals surface area contributed by atoms with E-state index in [-0.39, 0.29) is 29.2 Å². The first-order valence-corrected chi connectivity index (χ1v) is 10.1. The minimum absolute atomic E-state index is 0.00206. The Bertz CT molecular complexity index is 860. The van der Waals surface area contributed by atoms with Gasteiger partial charge in [-0.05, 0) is 41.3 Å². The van der Waals surface area contributed by atoms with Crippen molar-refractivity contribution in [3.8, 4) is 11.5 Å². The van der Waals surface area contributed by atoms with Crippen molar-refractivity contribution in [1.82, 2.24) is 4.72 Å². The molecule has 0 aliphatic rings. The van der Waals surface area contributed by atoms with Crippen LogP contribution >= 0.6 is 11.6 Å². The number of benzene rings is 2. The normalized spacial score (nSPS) is 12.0. The van der Waals surface area contributed by atoms with Gasteiger partial charge in [-0.25, -0.2) is 13.1 Å². The molecule has 0 atom stereocenters. The van der Waals surface area contributed by atoms with Crippen LogP contribution in [0.4, 0.5) is 0 Å². The lowest BCUT2D eigenvalue weighted by Crippen LogP contribution is -2.28. The zero-order valence-electron chi connectivity index (χ0n) is 15.4. The first-order valence-electron chi connectivity index (χ1n) is 8.20. The quantitative estimate of drug-likeness (QED) is 0.717. The first-order chi connectivity index (χ1) is 12.1. The van der Waals surface area contributed by atoms with Crippen LogP contribution in [0.1, 0.15) is 26.3 Å². The molecule has 2 rings (SSSR count). The Morgan fingerprint density at radius 2 is 1.85 bits per heavy atom. The van der Waals surface area contributed by atoms with Gasteiger partial charge in [0.05, 0.1) is 7.11 Å². The number of hydrogen-bond acceptors (Lipinski definition) is 4. The van der Waals surface area contributed by atoms with Crippen LogP contribution in [0.3, 0.4) is 0 Å². The van der Waals surface area contributed by atoms with E-state index in [9.17, 15) is 8.42 Å². The molecule has 0 saturated carbocycles. The highest BCUT2D eigenvalue weighted by Crippen LogP contribution is 2.27. The summed E-state index contributed by atoms with van der Waals surface area (Å²) in [6.07, 6.45) is 0. The molecule has 0 spiro atoms. The van der Waals surface area contributed by atoms with Crippen molar-refractivity contribution >= 4 is 21.6 Å². The summed E-state index contributed by atoms with van der Waals surface area (Å²) in [5.41, 5.74) is 1.17. The number of nitrogens with one attached hydrogen (secondary N) is 1. The van der Waals surface area contributed by atoms with Crippen molar-refractivity contribution in [2.45, 2.75) is 31.1 Å². The van der Waals surface area contributed by atoms with Gasteiger partial charge in [0.25, 0.3) is 0 Å². The Kier molecular flexibility index (Phi) is 6.55.